The Kier molecular flexibility index (Phi) is 4.47. The number of anilines is 2. The molecule has 0 radical (unpaired) electrons. The Bertz CT molecular complexity index is 988. The van der Waals surface area contributed by atoms with Gasteiger partial charge < -0.3 is 5.32 Å². The van der Waals surface area contributed by atoms with Gasteiger partial charge in [0, 0.05) is 32.0 Å². The second-order valence-corrected chi connectivity index (χ2v) is 7.54. The molecule has 3 aromatic carbocycles. The Hall–Kier alpha value is -2.30. The molecule has 1 heterocycles. The average molecular weight is 428 g/mol. The minimum Gasteiger partial charge on any atom is -0.361 e. The molecule has 1 atom stereocenters. The van der Waals surface area contributed by atoms with Gasteiger partial charge in [-0.15, -0.1) is 0 Å². The highest BCUT2D eigenvalue weighted by Crippen LogP contribution is 2.38. The van der Waals surface area contributed by atoms with Gasteiger partial charge in [0.05, 0.1) is 0 Å². The fraction of sp³-hybridized carbons (Fsp3) is 0.0952. The smallest absolute Gasteiger partial charge is 0.260 e. The molecule has 3 aromatic rings. The first-order chi connectivity index (χ1) is 12.5. The topological polar surface area (TPSA) is 32.3 Å². The number of hydrogen-bond donors (Lipinski definition) is 1. The van der Waals surface area contributed by atoms with Gasteiger partial charge in [0.15, 0.2) is 0 Å². The van der Waals surface area contributed by atoms with E-state index in [0.717, 1.165) is 27.0 Å². The molecular formula is C21H16BrClN2O. The fourth-order valence-electron chi connectivity index (χ4n) is 3.22. The number of rotatable bonds is 3. The number of carbonyl (C=O) groups is 1. The number of amides is 1. The molecule has 0 saturated heterocycles. The van der Waals surface area contributed by atoms with E-state index in [1.54, 1.807) is 17.0 Å². The third kappa shape index (κ3) is 3.00. The van der Waals surface area contributed by atoms with Crippen LogP contribution in [0.25, 0.3) is 0 Å². The van der Waals surface area contributed by atoms with E-state index in [-0.39, 0.29) is 12.1 Å². The van der Waals surface area contributed by atoms with Crippen LogP contribution in [0.5, 0.6) is 0 Å². The number of fused-ring (bicyclic) bond motifs is 1. The molecule has 1 amide bonds. The van der Waals surface area contributed by atoms with Gasteiger partial charge in [-0.25, -0.2) is 0 Å². The summed E-state index contributed by atoms with van der Waals surface area (Å²) in [6, 6.07) is 21.1. The Labute approximate surface area is 165 Å². The third-order valence-corrected chi connectivity index (χ3v) is 5.67. The number of nitrogens with one attached hydrogen (secondary N) is 1. The van der Waals surface area contributed by atoms with Crippen molar-refractivity contribution < 1.29 is 4.79 Å². The van der Waals surface area contributed by atoms with E-state index in [1.165, 1.54) is 0 Å². The van der Waals surface area contributed by atoms with E-state index in [4.69, 9.17) is 11.6 Å². The molecule has 26 heavy (non-hydrogen) atoms. The molecule has 0 saturated carbocycles. The molecule has 130 valence electrons. The van der Waals surface area contributed by atoms with Crippen LogP contribution in [0.4, 0.5) is 11.4 Å². The summed E-state index contributed by atoms with van der Waals surface area (Å²) in [5, 5.41) is 4.15. The summed E-state index contributed by atoms with van der Waals surface area (Å²) in [5.74, 6) is -0.0192. The number of aryl methyl sites for hydroxylation is 1. The zero-order valence-corrected chi connectivity index (χ0v) is 16.4. The van der Waals surface area contributed by atoms with Crippen LogP contribution in [-0.4, -0.2) is 5.91 Å². The second-order valence-electron chi connectivity index (χ2n) is 6.25. The summed E-state index contributed by atoms with van der Waals surface area (Å²) in [4.78, 5) is 14.8. The largest absolute Gasteiger partial charge is 0.361 e. The Morgan fingerprint density at radius 3 is 2.50 bits per heavy atom. The molecular weight excluding hydrogens is 412 g/mol. The zero-order valence-electron chi connectivity index (χ0n) is 14.0. The molecule has 1 unspecified atom stereocenters. The number of nitrogens with zero attached hydrogens (tertiary/aromatic N) is 1. The SMILES string of the molecule is Cc1cc(NC2c3ccccc3C(=O)N2c2ccc(Cl)cc2)ccc1Br. The van der Waals surface area contributed by atoms with Gasteiger partial charge in [-0.1, -0.05) is 45.7 Å². The van der Waals surface area contributed by atoms with Gasteiger partial charge >= 0.3 is 0 Å². The van der Waals surface area contributed by atoms with E-state index >= 15 is 0 Å². The van der Waals surface area contributed by atoms with Gasteiger partial charge in [0.1, 0.15) is 6.17 Å². The monoisotopic (exact) mass is 426 g/mol. The van der Waals surface area contributed by atoms with Crippen LogP contribution in [0, 0.1) is 6.92 Å². The molecule has 0 spiro atoms. The molecule has 0 aliphatic carbocycles. The maximum atomic E-state index is 13.0. The van der Waals surface area contributed by atoms with Gasteiger partial charge in [0.2, 0.25) is 0 Å². The van der Waals surface area contributed by atoms with Crippen LogP contribution in [0.15, 0.2) is 71.2 Å². The van der Waals surface area contributed by atoms with Crippen molar-refractivity contribution in [3.63, 3.8) is 0 Å². The standard InChI is InChI=1S/C21H16BrClN2O/c1-13-12-15(8-11-19(13)22)24-20-17-4-2-3-5-18(17)21(26)25(20)16-9-6-14(23)7-10-16/h2-12,20,24H,1H3. The minimum atomic E-state index is -0.277. The molecule has 4 rings (SSSR count). The summed E-state index contributed by atoms with van der Waals surface area (Å²) in [5.41, 5.74) is 4.58. The first-order valence-corrected chi connectivity index (χ1v) is 9.42. The van der Waals surface area contributed by atoms with Crippen molar-refractivity contribution in [2.24, 2.45) is 0 Å². The normalized spacial score (nSPS) is 15.9. The molecule has 1 aliphatic heterocycles. The second kappa shape index (κ2) is 6.78. The van der Waals surface area contributed by atoms with Crippen molar-refractivity contribution in [1.82, 2.24) is 0 Å². The number of carbonyl (C=O) groups excluding carboxylic acids is 1. The predicted molar refractivity (Wildman–Crippen MR) is 110 cm³/mol. The van der Waals surface area contributed by atoms with Crippen molar-refractivity contribution in [2.45, 2.75) is 13.1 Å². The first kappa shape index (κ1) is 17.1. The molecule has 1 N–H and O–H groups in total. The number of benzene rings is 3. The van der Waals surface area contributed by atoms with Crippen molar-refractivity contribution >= 4 is 44.8 Å². The summed E-state index contributed by atoms with van der Waals surface area (Å²) < 4.78 is 1.06. The maximum absolute atomic E-state index is 13.0. The fourth-order valence-corrected chi connectivity index (χ4v) is 3.59. The van der Waals surface area contributed by atoms with Crippen LogP contribution in [-0.2, 0) is 0 Å². The lowest BCUT2D eigenvalue weighted by Gasteiger charge is -2.27. The van der Waals surface area contributed by atoms with E-state index in [2.05, 4.69) is 27.3 Å². The van der Waals surface area contributed by atoms with E-state index in [9.17, 15) is 4.79 Å². The lowest BCUT2D eigenvalue weighted by atomic mass is 10.1. The lowest BCUT2D eigenvalue weighted by molar-refractivity contribution is 0.0993. The molecule has 5 heteroatoms. The highest BCUT2D eigenvalue weighted by molar-refractivity contribution is 9.10. The van der Waals surface area contributed by atoms with Crippen LogP contribution in [0.2, 0.25) is 5.02 Å². The van der Waals surface area contributed by atoms with Gasteiger partial charge in [-0.3, -0.25) is 9.69 Å². The van der Waals surface area contributed by atoms with E-state index in [0.29, 0.717) is 10.6 Å². The van der Waals surface area contributed by atoms with Crippen molar-refractivity contribution in [3.05, 3.63) is 92.9 Å². The third-order valence-electron chi connectivity index (χ3n) is 4.53. The maximum Gasteiger partial charge on any atom is 0.260 e. The van der Waals surface area contributed by atoms with Crippen molar-refractivity contribution in [1.29, 1.82) is 0 Å². The molecule has 0 bridgehead atoms. The highest BCUT2D eigenvalue weighted by atomic mass is 79.9. The summed E-state index contributed by atoms with van der Waals surface area (Å²) >= 11 is 9.55. The Morgan fingerprint density at radius 2 is 1.77 bits per heavy atom. The van der Waals surface area contributed by atoms with Gasteiger partial charge in [-0.2, -0.15) is 0 Å². The van der Waals surface area contributed by atoms with Gasteiger partial charge in [-0.05, 0) is 61.0 Å². The summed E-state index contributed by atoms with van der Waals surface area (Å²) in [6.45, 7) is 2.04. The van der Waals surface area contributed by atoms with Gasteiger partial charge in [0.25, 0.3) is 5.91 Å². The van der Waals surface area contributed by atoms with Crippen molar-refractivity contribution in [3.8, 4) is 0 Å². The van der Waals surface area contributed by atoms with E-state index in [1.807, 2.05) is 55.5 Å². The lowest BCUT2D eigenvalue weighted by Crippen LogP contribution is -2.32. The van der Waals surface area contributed by atoms with Crippen LogP contribution >= 0.6 is 27.5 Å². The van der Waals surface area contributed by atoms with E-state index < -0.39 is 0 Å². The Balaban J connectivity index is 1.77. The first-order valence-electron chi connectivity index (χ1n) is 8.25. The molecule has 0 fully saturated rings. The number of halogens is 2. The summed E-state index contributed by atoms with van der Waals surface area (Å²) in [6.07, 6.45) is -0.277. The van der Waals surface area contributed by atoms with Crippen molar-refractivity contribution in [2.75, 3.05) is 10.2 Å². The predicted octanol–water partition coefficient (Wildman–Crippen LogP) is 6.18. The Morgan fingerprint density at radius 1 is 1.04 bits per heavy atom. The number of hydrogen-bond acceptors (Lipinski definition) is 2. The van der Waals surface area contributed by atoms with Crippen LogP contribution in [0.1, 0.15) is 27.7 Å². The summed E-state index contributed by atoms with van der Waals surface area (Å²) in [7, 11) is 0. The molecule has 1 aliphatic rings. The minimum absolute atomic E-state index is 0.0192. The zero-order chi connectivity index (χ0) is 18.3. The molecule has 3 nitrogen and oxygen atoms in total. The van der Waals surface area contributed by atoms with Crippen LogP contribution in [0.3, 0.4) is 0 Å². The average Bonchev–Trinajstić information content (AvgIpc) is 2.92. The van der Waals surface area contributed by atoms with Crippen LogP contribution < -0.4 is 10.2 Å². The molecule has 0 aromatic heterocycles. The quantitative estimate of drug-likeness (QED) is 0.541. The highest BCUT2D eigenvalue weighted by Gasteiger charge is 2.37.